The summed E-state index contributed by atoms with van der Waals surface area (Å²) in [6.45, 7) is 1.59. The molecule has 1 aromatic carbocycles. The molecule has 0 amide bonds. The Morgan fingerprint density at radius 3 is 3.06 bits per heavy atom. The molecule has 0 radical (unpaired) electrons. The van der Waals surface area contributed by atoms with Gasteiger partial charge < -0.3 is 9.26 Å². The first-order chi connectivity index (χ1) is 8.65. The lowest BCUT2D eigenvalue weighted by Gasteiger charge is -1.96. The quantitative estimate of drug-likeness (QED) is 0.796. The summed E-state index contributed by atoms with van der Waals surface area (Å²) >= 11 is 5.87. The minimum atomic E-state index is -0.325. The SMILES string of the molecule is CC(=O)OCCc1noc(-c2cccc(Cl)c2)n1. The predicted molar refractivity (Wildman–Crippen MR) is 65.1 cm³/mol. The summed E-state index contributed by atoms with van der Waals surface area (Å²) in [7, 11) is 0. The highest BCUT2D eigenvalue weighted by Crippen LogP contribution is 2.20. The van der Waals surface area contributed by atoms with Gasteiger partial charge in [-0.1, -0.05) is 22.8 Å². The van der Waals surface area contributed by atoms with E-state index in [1.807, 2.05) is 6.07 Å². The van der Waals surface area contributed by atoms with Crippen LogP contribution in [0.15, 0.2) is 28.8 Å². The van der Waals surface area contributed by atoms with E-state index in [0.717, 1.165) is 5.56 Å². The molecule has 0 unspecified atom stereocenters. The fourth-order valence-electron chi connectivity index (χ4n) is 1.38. The van der Waals surface area contributed by atoms with Gasteiger partial charge in [0.25, 0.3) is 5.89 Å². The normalized spacial score (nSPS) is 10.3. The van der Waals surface area contributed by atoms with Gasteiger partial charge >= 0.3 is 5.97 Å². The first kappa shape index (κ1) is 12.6. The Morgan fingerprint density at radius 1 is 1.50 bits per heavy atom. The van der Waals surface area contributed by atoms with Crippen molar-refractivity contribution < 1.29 is 14.1 Å². The van der Waals surface area contributed by atoms with E-state index >= 15 is 0 Å². The zero-order valence-corrected chi connectivity index (χ0v) is 10.5. The number of carbonyl (C=O) groups excluding carboxylic acids is 1. The molecule has 0 aliphatic carbocycles. The van der Waals surface area contributed by atoms with Crippen molar-refractivity contribution in [2.24, 2.45) is 0 Å². The van der Waals surface area contributed by atoms with Gasteiger partial charge in [-0.3, -0.25) is 4.79 Å². The Bertz CT molecular complexity index is 554. The molecule has 1 aromatic heterocycles. The van der Waals surface area contributed by atoms with Crippen LogP contribution in [0.4, 0.5) is 0 Å². The summed E-state index contributed by atoms with van der Waals surface area (Å²) in [5.74, 6) is 0.565. The number of halogens is 1. The lowest BCUT2D eigenvalue weighted by molar-refractivity contribution is -0.140. The molecule has 1 heterocycles. The van der Waals surface area contributed by atoms with E-state index in [1.54, 1.807) is 18.2 Å². The summed E-state index contributed by atoms with van der Waals surface area (Å²) in [6, 6.07) is 7.14. The fraction of sp³-hybridized carbons (Fsp3) is 0.250. The smallest absolute Gasteiger partial charge is 0.302 e. The van der Waals surface area contributed by atoms with Gasteiger partial charge in [-0.15, -0.1) is 0 Å². The highest BCUT2D eigenvalue weighted by molar-refractivity contribution is 6.30. The summed E-state index contributed by atoms with van der Waals surface area (Å²) in [5.41, 5.74) is 0.758. The van der Waals surface area contributed by atoms with Gasteiger partial charge in [0, 0.05) is 23.9 Å². The van der Waals surface area contributed by atoms with Gasteiger partial charge in [-0.05, 0) is 18.2 Å². The lowest BCUT2D eigenvalue weighted by atomic mass is 10.2. The van der Waals surface area contributed by atoms with Crippen LogP contribution in [0.3, 0.4) is 0 Å². The van der Waals surface area contributed by atoms with Crippen LogP contribution in [-0.2, 0) is 16.0 Å². The number of esters is 1. The van der Waals surface area contributed by atoms with Gasteiger partial charge in [-0.2, -0.15) is 4.98 Å². The van der Waals surface area contributed by atoms with Crippen molar-refractivity contribution in [2.45, 2.75) is 13.3 Å². The molecule has 5 nitrogen and oxygen atoms in total. The topological polar surface area (TPSA) is 65.2 Å². The van der Waals surface area contributed by atoms with Crippen molar-refractivity contribution in [3.63, 3.8) is 0 Å². The molecule has 0 aliphatic rings. The third kappa shape index (κ3) is 3.30. The van der Waals surface area contributed by atoms with E-state index in [-0.39, 0.29) is 12.6 Å². The Morgan fingerprint density at radius 2 is 2.33 bits per heavy atom. The summed E-state index contributed by atoms with van der Waals surface area (Å²) < 4.78 is 9.90. The van der Waals surface area contributed by atoms with Gasteiger partial charge in [0.15, 0.2) is 5.82 Å². The number of rotatable bonds is 4. The lowest BCUT2D eigenvalue weighted by Crippen LogP contribution is -2.04. The first-order valence-corrected chi connectivity index (χ1v) is 5.75. The van der Waals surface area contributed by atoms with Crippen molar-refractivity contribution in [3.05, 3.63) is 35.1 Å². The largest absolute Gasteiger partial charge is 0.465 e. The molecule has 0 aliphatic heterocycles. The molecule has 0 saturated carbocycles. The third-order valence-electron chi connectivity index (χ3n) is 2.17. The molecule has 0 atom stereocenters. The molecule has 0 bridgehead atoms. The highest BCUT2D eigenvalue weighted by Gasteiger charge is 2.09. The standard InChI is InChI=1S/C12H11ClN2O3/c1-8(16)17-6-5-11-14-12(18-15-11)9-3-2-4-10(13)7-9/h2-4,7H,5-6H2,1H3. The van der Waals surface area contributed by atoms with E-state index in [2.05, 4.69) is 10.1 Å². The first-order valence-electron chi connectivity index (χ1n) is 5.37. The van der Waals surface area contributed by atoms with Crippen LogP contribution < -0.4 is 0 Å². The average molecular weight is 267 g/mol. The van der Waals surface area contributed by atoms with Gasteiger partial charge in [0.2, 0.25) is 0 Å². The second-order valence-electron chi connectivity index (χ2n) is 3.62. The molecule has 2 aromatic rings. The Labute approximate surface area is 109 Å². The fourth-order valence-corrected chi connectivity index (χ4v) is 1.57. The molecule has 0 N–H and O–H groups in total. The molecule has 2 rings (SSSR count). The molecule has 6 heteroatoms. The maximum atomic E-state index is 10.6. The van der Waals surface area contributed by atoms with Crippen molar-refractivity contribution in [2.75, 3.05) is 6.61 Å². The summed E-state index contributed by atoms with van der Waals surface area (Å²) in [6.07, 6.45) is 0.420. The number of hydrogen-bond acceptors (Lipinski definition) is 5. The number of ether oxygens (including phenoxy) is 1. The van der Waals surface area contributed by atoms with Crippen LogP contribution in [0, 0.1) is 0 Å². The van der Waals surface area contributed by atoms with E-state index in [1.165, 1.54) is 6.92 Å². The van der Waals surface area contributed by atoms with Crippen LogP contribution in [0.2, 0.25) is 5.02 Å². The summed E-state index contributed by atoms with van der Waals surface area (Å²) in [4.78, 5) is 14.8. The Balaban J connectivity index is 2.04. The monoisotopic (exact) mass is 266 g/mol. The molecular weight excluding hydrogens is 256 g/mol. The van der Waals surface area contributed by atoms with E-state index in [9.17, 15) is 4.79 Å². The second kappa shape index (κ2) is 5.64. The minimum Gasteiger partial charge on any atom is -0.465 e. The van der Waals surface area contributed by atoms with Crippen molar-refractivity contribution in [1.29, 1.82) is 0 Å². The van der Waals surface area contributed by atoms with Crippen molar-refractivity contribution in [1.82, 2.24) is 10.1 Å². The molecule has 94 valence electrons. The van der Waals surface area contributed by atoms with E-state index in [4.69, 9.17) is 20.9 Å². The van der Waals surface area contributed by atoms with Crippen LogP contribution in [0.25, 0.3) is 11.5 Å². The number of benzene rings is 1. The molecular formula is C12H11ClN2O3. The van der Waals surface area contributed by atoms with Crippen LogP contribution in [-0.4, -0.2) is 22.7 Å². The second-order valence-corrected chi connectivity index (χ2v) is 4.05. The van der Waals surface area contributed by atoms with E-state index < -0.39 is 0 Å². The molecule has 0 fully saturated rings. The Hall–Kier alpha value is -1.88. The predicted octanol–water partition coefficient (Wildman–Crippen LogP) is 2.50. The number of hydrogen-bond donors (Lipinski definition) is 0. The number of aromatic nitrogens is 2. The average Bonchev–Trinajstić information content (AvgIpc) is 2.77. The van der Waals surface area contributed by atoms with Gasteiger partial charge in [0.1, 0.15) is 0 Å². The zero-order chi connectivity index (χ0) is 13.0. The molecule has 0 spiro atoms. The maximum Gasteiger partial charge on any atom is 0.302 e. The number of nitrogens with zero attached hydrogens (tertiary/aromatic N) is 2. The zero-order valence-electron chi connectivity index (χ0n) is 9.72. The highest BCUT2D eigenvalue weighted by atomic mass is 35.5. The summed E-state index contributed by atoms with van der Waals surface area (Å²) in [5, 5.41) is 4.40. The van der Waals surface area contributed by atoms with Crippen LogP contribution in [0.5, 0.6) is 0 Å². The Kier molecular flexibility index (Phi) is 3.94. The van der Waals surface area contributed by atoms with E-state index in [0.29, 0.717) is 23.2 Å². The molecule has 0 saturated heterocycles. The van der Waals surface area contributed by atoms with Gasteiger partial charge in [-0.25, -0.2) is 0 Å². The third-order valence-corrected chi connectivity index (χ3v) is 2.41. The van der Waals surface area contributed by atoms with Gasteiger partial charge in [0.05, 0.1) is 6.61 Å². The van der Waals surface area contributed by atoms with Crippen molar-refractivity contribution >= 4 is 17.6 Å². The van der Waals surface area contributed by atoms with Crippen molar-refractivity contribution in [3.8, 4) is 11.5 Å². The molecule has 18 heavy (non-hydrogen) atoms. The minimum absolute atomic E-state index is 0.240. The van der Waals surface area contributed by atoms with Crippen LogP contribution >= 0.6 is 11.6 Å². The number of carbonyl (C=O) groups is 1. The van der Waals surface area contributed by atoms with Crippen LogP contribution in [0.1, 0.15) is 12.7 Å². The maximum absolute atomic E-state index is 10.6.